The van der Waals surface area contributed by atoms with Crippen molar-refractivity contribution in [2.24, 2.45) is 5.92 Å². The van der Waals surface area contributed by atoms with E-state index in [1.54, 1.807) is 6.33 Å². The molecule has 1 aliphatic heterocycles. The Morgan fingerprint density at radius 3 is 3.00 bits per heavy atom. The number of likely N-dealkylation sites (tertiary alicyclic amines) is 1. The molecule has 1 N–H and O–H groups in total. The van der Waals surface area contributed by atoms with Crippen molar-refractivity contribution in [1.82, 2.24) is 14.9 Å². The van der Waals surface area contributed by atoms with E-state index in [-0.39, 0.29) is 17.4 Å². The Kier molecular flexibility index (Phi) is 3.27. The van der Waals surface area contributed by atoms with Gasteiger partial charge in [-0.25, -0.2) is 4.98 Å². The Hall–Kier alpha value is -2.62. The second-order valence-corrected chi connectivity index (χ2v) is 8.02. The number of aromatic amines is 1. The standard InChI is InChI=1S/C22H23N3O/c1-14-20-12-15-5-3-4-6-17(15)22(14,2)9-10-25(20)21(26)16-7-8-18-19(11-16)24-13-23-18/h3-8,11,13-14,20H,9-10,12H2,1-2H3,(H,23,24). The molecule has 0 radical (unpaired) electrons. The van der Waals surface area contributed by atoms with Crippen LogP contribution in [0.1, 0.15) is 41.8 Å². The van der Waals surface area contributed by atoms with Crippen molar-refractivity contribution in [3.05, 3.63) is 65.5 Å². The molecule has 0 saturated carbocycles. The number of amides is 1. The van der Waals surface area contributed by atoms with Gasteiger partial charge in [-0.05, 0) is 53.5 Å². The zero-order valence-corrected chi connectivity index (χ0v) is 15.2. The van der Waals surface area contributed by atoms with E-state index < -0.39 is 0 Å². The van der Waals surface area contributed by atoms with Crippen LogP contribution in [0.3, 0.4) is 0 Å². The van der Waals surface area contributed by atoms with Crippen molar-refractivity contribution in [2.45, 2.75) is 38.1 Å². The second kappa shape index (κ2) is 5.44. The molecule has 1 saturated heterocycles. The summed E-state index contributed by atoms with van der Waals surface area (Å²) in [7, 11) is 0. The van der Waals surface area contributed by atoms with Crippen LogP contribution in [-0.4, -0.2) is 33.4 Å². The third-order valence-corrected chi connectivity index (χ3v) is 6.84. The van der Waals surface area contributed by atoms with Crippen LogP contribution in [0.15, 0.2) is 48.8 Å². The lowest BCUT2D eigenvalue weighted by atomic mass is 9.59. The number of hydrogen-bond acceptors (Lipinski definition) is 2. The van der Waals surface area contributed by atoms with Crippen molar-refractivity contribution in [2.75, 3.05) is 6.54 Å². The van der Waals surface area contributed by atoms with Crippen molar-refractivity contribution in [3.63, 3.8) is 0 Å². The highest BCUT2D eigenvalue weighted by Gasteiger charge is 2.49. The first-order chi connectivity index (χ1) is 12.6. The number of H-pyrrole nitrogens is 1. The van der Waals surface area contributed by atoms with Crippen LogP contribution < -0.4 is 0 Å². The molecule has 2 bridgehead atoms. The summed E-state index contributed by atoms with van der Waals surface area (Å²) in [5, 5.41) is 0. The lowest BCUT2D eigenvalue weighted by molar-refractivity contribution is 0.0251. The van der Waals surface area contributed by atoms with Gasteiger partial charge >= 0.3 is 0 Å². The van der Waals surface area contributed by atoms with Crippen molar-refractivity contribution >= 4 is 16.9 Å². The van der Waals surface area contributed by atoms with E-state index in [4.69, 9.17) is 0 Å². The molecule has 0 spiro atoms. The number of nitrogens with zero attached hydrogens (tertiary/aromatic N) is 2. The van der Waals surface area contributed by atoms with E-state index in [2.05, 4.69) is 53.0 Å². The van der Waals surface area contributed by atoms with Gasteiger partial charge in [-0.2, -0.15) is 0 Å². The van der Waals surface area contributed by atoms with E-state index in [1.165, 1.54) is 11.1 Å². The Balaban J connectivity index is 1.52. The maximum absolute atomic E-state index is 13.3. The van der Waals surface area contributed by atoms with Gasteiger partial charge < -0.3 is 9.88 Å². The average Bonchev–Trinajstić information content (AvgIpc) is 3.12. The topological polar surface area (TPSA) is 49.0 Å². The first-order valence-corrected chi connectivity index (χ1v) is 9.40. The molecular formula is C22H23N3O. The Labute approximate surface area is 153 Å². The number of rotatable bonds is 1. The molecule has 2 aliphatic rings. The smallest absolute Gasteiger partial charge is 0.254 e. The Bertz CT molecular complexity index is 1010. The maximum Gasteiger partial charge on any atom is 0.254 e. The minimum atomic E-state index is 0.139. The molecule has 3 aromatic rings. The summed E-state index contributed by atoms with van der Waals surface area (Å²) in [6, 6.07) is 14.8. The van der Waals surface area contributed by atoms with Crippen LogP contribution in [0, 0.1) is 5.92 Å². The molecule has 2 aromatic carbocycles. The number of imidazole rings is 1. The number of fused-ring (bicyclic) bond motifs is 5. The highest BCUT2D eigenvalue weighted by molar-refractivity contribution is 5.97. The van der Waals surface area contributed by atoms with Gasteiger partial charge in [0.2, 0.25) is 0 Å². The molecule has 2 heterocycles. The summed E-state index contributed by atoms with van der Waals surface area (Å²) < 4.78 is 0. The fourth-order valence-electron chi connectivity index (χ4n) is 5.08. The molecular weight excluding hydrogens is 322 g/mol. The van der Waals surface area contributed by atoms with Crippen LogP contribution in [-0.2, 0) is 11.8 Å². The van der Waals surface area contributed by atoms with Crippen LogP contribution in [0.4, 0.5) is 0 Å². The molecule has 1 amide bonds. The summed E-state index contributed by atoms with van der Waals surface area (Å²) in [5.74, 6) is 0.589. The van der Waals surface area contributed by atoms with E-state index in [9.17, 15) is 4.79 Å². The highest BCUT2D eigenvalue weighted by Crippen LogP contribution is 2.48. The lowest BCUT2D eigenvalue weighted by Gasteiger charge is -2.54. The predicted octanol–water partition coefficient (Wildman–Crippen LogP) is 3.93. The van der Waals surface area contributed by atoms with Crippen LogP contribution in [0.5, 0.6) is 0 Å². The van der Waals surface area contributed by atoms with Gasteiger partial charge in [-0.3, -0.25) is 4.79 Å². The predicted molar refractivity (Wildman–Crippen MR) is 102 cm³/mol. The molecule has 26 heavy (non-hydrogen) atoms. The maximum atomic E-state index is 13.3. The first-order valence-electron chi connectivity index (χ1n) is 9.40. The van der Waals surface area contributed by atoms with Gasteiger partial charge in [0.05, 0.1) is 17.4 Å². The molecule has 1 aliphatic carbocycles. The SMILES string of the molecule is CC1C2Cc3ccccc3C1(C)CCN2C(=O)c1ccc2nc[nH]c2c1. The zero-order chi connectivity index (χ0) is 17.9. The summed E-state index contributed by atoms with van der Waals surface area (Å²) in [6.45, 7) is 5.51. The second-order valence-electron chi connectivity index (χ2n) is 8.02. The van der Waals surface area contributed by atoms with Gasteiger partial charge in [-0.15, -0.1) is 0 Å². The van der Waals surface area contributed by atoms with Gasteiger partial charge in [0.1, 0.15) is 0 Å². The van der Waals surface area contributed by atoms with Crippen molar-refractivity contribution < 1.29 is 4.79 Å². The quantitative estimate of drug-likeness (QED) is 0.726. The zero-order valence-electron chi connectivity index (χ0n) is 15.2. The summed E-state index contributed by atoms with van der Waals surface area (Å²) in [6.07, 6.45) is 3.64. The van der Waals surface area contributed by atoms with E-state index in [0.29, 0.717) is 5.92 Å². The largest absolute Gasteiger partial charge is 0.345 e. The minimum Gasteiger partial charge on any atom is -0.345 e. The average molecular weight is 345 g/mol. The number of aromatic nitrogens is 2. The first kappa shape index (κ1) is 15.6. The molecule has 3 atom stereocenters. The Morgan fingerprint density at radius 1 is 1.27 bits per heavy atom. The number of benzene rings is 2. The molecule has 4 nitrogen and oxygen atoms in total. The third kappa shape index (κ3) is 2.08. The number of carbonyl (C=O) groups excluding carboxylic acids is 1. The molecule has 1 aromatic heterocycles. The molecule has 1 fully saturated rings. The van der Waals surface area contributed by atoms with E-state index in [0.717, 1.165) is 36.0 Å². The van der Waals surface area contributed by atoms with Gasteiger partial charge in [0.25, 0.3) is 5.91 Å². The van der Waals surface area contributed by atoms with Crippen molar-refractivity contribution in [3.8, 4) is 0 Å². The molecule has 3 unspecified atom stereocenters. The third-order valence-electron chi connectivity index (χ3n) is 6.84. The summed E-state index contributed by atoms with van der Waals surface area (Å²) >= 11 is 0. The van der Waals surface area contributed by atoms with Crippen molar-refractivity contribution in [1.29, 1.82) is 0 Å². The molecule has 132 valence electrons. The number of nitrogens with one attached hydrogen (secondary N) is 1. The number of piperidine rings is 1. The molecule has 5 rings (SSSR count). The summed E-state index contributed by atoms with van der Waals surface area (Å²) in [5.41, 5.74) is 5.60. The fourth-order valence-corrected chi connectivity index (χ4v) is 5.08. The van der Waals surface area contributed by atoms with Gasteiger partial charge in [0, 0.05) is 18.2 Å². The number of carbonyl (C=O) groups is 1. The van der Waals surface area contributed by atoms with Crippen LogP contribution in [0.25, 0.3) is 11.0 Å². The fraction of sp³-hybridized carbons (Fsp3) is 0.364. The normalized spacial score (nSPS) is 27.4. The van der Waals surface area contributed by atoms with Gasteiger partial charge in [0.15, 0.2) is 0 Å². The Morgan fingerprint density at radius 2 is 2.12 bits per heavy atom. The van der Waals surface area contributed by atoms with Gasteiger partial charge in [-0.1, -0.05) is 38.1 Å². The van der Waals surface area contributed by atoms with E-state index in [1.807, 2.05) is 18.2 Å². The summed E-state index contributed by atoms with van der Waals surface area (Å²) in [4.78, 5) is 22.8. The number of hydrogen-bond donors (Lipinski definition) is 1. The van der Waals surface area contributed by atoms with E-state index >= 15 is 0 Å². The lowest BCUT2D eigenvalue weighted by Crippen LogP contribution is -2.59. The minimum absolute atomic E-state index is 0.139. The molecule has 4 heteroatoms. The van der Waals surface area contributed by atoms with Crippen LogP contribution in [0.2, 0.25) is 0 Å². The van der Waals surface area contributed by atoms with Crippen LogP contribution >= 0.6 is 0 Å². The highest BCUT2D eigenvalue weighted by atomic mass is 16.2. The monoisotopic (exact) mass is 345 g/mol.